The van der Waals surface area contributed by atoms with E-state index in [1.807, 2.05) is 48.5 Å². The highest BCUT2D eigenvalue weighted by Gasteiger charge is 2.38. The zero-order chi connectivity index (χ0) is 20.4. The average Bonchev–Trinajstić information content (AvgIpc) is 3.31. The van der Waals surface area contributed by atoms with E-state index in [1.54, 1.807) is 4.90 Å². The third kappa shape index (κ3) is 4.32. The van der Waals surface area contributed by atoms with E-state index in [4.69, 9.17) is 0 Å². The van der Waals surface area contributed by atoms with Gasteiger partial charge in [-0.2, -0.15) is 0 Å². The lowest BCUT2D eigenvalue weighted by atomic mass is 10.1. The molecule has 1 aliphatic rings. The number of aromatic nitrogens is 1. The highest BCUT2D eigenvalue weighted by Crippen LogP contribution is 2.37. The lowest BCUT2D eigenvalue weighted by molar-refractivity contribution is -0.122. The largest absolute Gasteiger partial charge is 0.355 e. The van der Waals surface area contributed by atoms with Crippen LogP contribution in [0.1, 0.15) is 32.3 Å². The highest BCUT2D eigenvalue weighted by molar-refractivity contribution is 7.22. The van der Waals surface area contributed by atoms with Crippen molar-refractivity contribution in [2.75, 3.05) is 11.4 Å². The maximum Gasteiger partial charge on any atom is 0.235 e. The summed E-state index contributed by atoms with van der Waals surface area (Å²) in [6.07, 6.45) is 2.13. The average molecular weight is 408 g/mol. The molecule has 0 aliphatic heterocycles. The maximum absolute atomic E-state index is 13.1. The van der Waals surface area contributed by atoms with Crippen LogP contribution in [0.3, 0.4) is 0 Å². The van der Waals surface area contributed by atoms with E-state index >= 15 is 0 Å². The minimum atomic E-state index is -0.0718. The number of para-hydroxylation sites is 1. The normalized spacial score (nSPS) is 17.9. The van der Waals surface area contributed by atoms with Gasteiger partial charge in [0, 0.05) is 18.9 Å². The first kappa shape index (κ1) is 19.6. The van der Waals surface area contributed by atoms with Gasteiger partial charge in [0.1, 0.15) is 0 Å². The number of aryl methyl sites for hydroxylation is 1. The Kier molecular flexibility index (Phi) is 5.62. The van der Waals surface area contributed by atoms with Gasteiger partial charge in [0.15, 0.2) is 5.13 Å². The fourth-order valence-electron chi connectivity index (χ4n) is 3.42. The van der Waals surface area contributed by atoms with Crippen LogP contribution >= 0.6 is 11.3 Å². The maximum atomic E-state index is 13.1. The lowest BCUT2D eigenvalue weighted by Gasteiger charge is -2.20. The number of hydrogen-bond acceptors (Lipinski definition) is 4. The van der Waals surface area contributed by atoms with Crippen LogP contribution in [0.4, 0.5) is 10.8 Å². The molecule has 1 aliphatic carbocycles. The van der Waals surface area contributed by atoms with Crippen molar-refractivity contribution in [3.63, 3.8) is 0 Å². The Morgan fingerprint density at radius 1 is 1.17 bits per heavy atom. The fourth-order valence-corrected chi connectivity index (χ4v) is 4.42. The molecule has 1 heterocycles. The van der Waals surface area contributed by atoms with Gasteiger partial charge in [-0.1, -0.05) is 49.4 Å². The van der Waals surface area contributed by atoms with Crippen LogP contribution in [0.15, 0.2) is 48.5 Å². The summed E-state index contributed by atoms with van der Waals surface area (Å²) in [5.74, 6) is 0.565. The third-order valence-corrected chi connectivity index (χ3v) is 6.43. The number of amides is 2. The summed E-state index contributed by atoms with van der Waals surface area (Å²) >= 11 is 1.50. The summed E-state index contributed by atoms with van der Waals surface area (Å²) in [6, 6.07) is 15.9. The molecule has 150 valence electrons. The predicted molar refractivity (Wildman–Crippen MR) is 117 cm³/mol. The van der Waals surface area contributed by atoms with Crippen LogP contribution in [0, 0.1) is 11.8 Å². The molecular formula is C23H25N3O2S. The molecule has 6 heteroatoms. The molecule has 3 aromatic rings. The van der Waals surface area contributed by atoms with Gasteiger partial charge >= 0.3 is 0 Å². The number of nitrogens with zero attached hydrogens (tertiary/aromatic N) is 2. The molecule has 1 aromatic heterocycles. The first-order chi connectivity index (χ1) is 14.1. The van der Waals surface area contributed by atoms with Crippen LogP contribution in [0.2, 0.25) is 0 Å². The minimum absolute atomic E-state index is 0.0594. The molecule has 0 bridgehead atoms. The molecule has 2 aromatic carbocycles. The highest BCUT2D eigenvalue weighted by atomic mass is 32.1. The molecule has 5 nitrogen and oxygen atoms in total. The monoisotopic (exact) mass is 407 g/mol. The summed E-state index contributed by atoms with van der Waals surface area (Å²) in [4.78, 5) is 31.6. The number of anilines is 2. The Hall–Kier alpha value is -2.73. The van der Waals surface area contributed by atoms with Gasteiger partial charge < -0.3 is 5.32 Å². The molecule has 1 N–H and O–H groups in total. The molecule has 2 amide bonds. The molecule has 0 spiro atoms. The van der Waals surface area contributed by atoms with Crippen LogP contribution in [0.25, 0.3) is 10.2 Å². The fraction of sp³-hybridized carbons (Fsp3) is 0.348. The summed E-state index contributed by atoms with van der Waals surface area (Å²) in [5, 5.41) is 3.56. The summed E-state index contributed by atoms with van der Waals surface area (Å²) in [7, 11) is 0. The second-order valence-corrected chi connectivity index (χ2v) is 8.58. The SMILES string of the molecule is CCc1ccc(N(C(=O)CCNC(=O)C2CC2C)c2nc3ccccc3s2)cc1. The standard InChI is InChI=1S/C23H25N3O2S/c1-3-16-8-10-17(11-9-16)26(23-25-19-6-4-5-7-20(19)29-23)21(27)12-13-24-22(28)18-14-15(18)2/h4-11,15,18H,3,12-14H2,1-2H3,(H,24,28). The topological polar surface area (TPSA) is 62.3 Å². The molecule has 29 heavy (non-hydrogen) atoms. The van der Waals surface area contributed by atoms with Gasteiger partial charge in [-0.3, -0.25) is 14.5 Å². The third-order valence-electron chi connectivity index (χ3n) is 5.41. The van der Waals surface area contributed by atoms with Crippen molar-refractivity contribution < 1.29 is 9.59 Å². The summed E-state index contributed by atoms with van der Waals surface area (Å²) in [6.45, 7) is 4.52. The molecule has 0 saturated heterocycles. The molecule has 2 unspecified atom stereocenters. The molecule has 1 saturated carbocycles. The number of carbonyl (C=O) groups excluding carboxylic acids is 2. The van der Waals surface area contributed by atoms with Gasteiger partial charge in [0.05, 0.1) is 15.9 Å². The predicted octanol–water partition coefficient (Wildman–Crippen LogP) is 4.69. The molecule has 0 radical (unpaired) electrons. The number of rotatable bonds is 7. The Morgan fingerprint density at radius 2 is 1.90 bits per heavy atom. The van der Waals surface area contributed by atoms with Gasteiger partial charge in [-0.05, 0) is 48.6 Å². The first-order valence-electron chi connectivity index (χ1n) is 10.1. The Balaban J connectivity index is 1.55. The minimum Gasteiger partial charge on any atom is -0.355 e. The van der Waals surface area contributed by atoms with Crippen LogP contribution < -0.4 is 10.2 Å². The van der Waals surface area contributed by atoms with Gasteiger partial charge in [-0.15, -0.1) is 0 Å². The number of carbonyl (C=O) groups is 2. The van der Waals surface area contributed by atoms with E-state index < -0.39 is 0 Å². The second kappa shape index (κ2) is 8.33. The molecule has 2 atom stereocenters. The van der Waals surface area contributed by atoms with Crippen LogP contribution in [0.5, 0.6) is 0 Å². The van der Waals surface area contributed by atoms with Gasteiger partial charge in [0.2, 0.25) is 11.8 Å². The molecule has 1 fully saturated rings. The quantitative estimate of drug-likeness (QED) is 0.618. The molecular weight excluding hydrogens is 382 g/mol. The first-order valence-corrected chi connectivity index (χ1v) is 10.9. The van der Waals surface area contributed by atoms with Crippen molar-refractivity contribution in [3.8, 4) is 0 Å². The van der Waals surface area contributed by atoms with Gasteiger partial charge in [-0.25, -0.2) is 4.98 Å². The molecule has 4 rings (SSSR count). The van der Waals surface area contributed by atoms with Crippen molar-refractivity contribution in [2.45, 2.75) is 33.1 Å². The summed E-state index contributed by atoms with van der Waals surface area (Å²) in [5.41, 5.74) is 2.90. The van der Waals surface area contributed by atoms with Crippen molar-refractivity contribution in [3.05, 3.63) is 54.1 Å². The Labute approximate surface area is 174 Å². The second-order valence-electron chi connectivity index (χ2n) is 7.57. The Morgan fingerprint density at radius 3 is 2.55 bits per heavy atom. The van der Waals surface area contributed by atoms with Crippen molar-refractivity contribution in [1.29, 1.82) is 0 Å². The van der Waals surface area contributed by atoms with Crippen molar-refractivity contribution in [2.24, 2.45) is 11.8 Å². The number of hydrogen-bond donors (Lipinski definition) is 1. The number of thiazole rings is 1. The van der Waals surface area contributed by atoms with E-state index in [0.29, 0.717) is 17.6 Å². The smallest absolute Gasteiger partial charge is 0.235 e. The number of nitrogens with one attached hydrogen (secondary N) is 1. The van der Waals surface area contributed by atoms with E-state index in [9.17, 15) is 9.59 Å². The lowest BCUT2D eigenvalue weighted by Crippen LogP contribution is -2.32. The van der Waals surface area contributed by atoms with E-state index in [0.717, 1.165) is 28.7 Å². The number of benzene rings is 2. The van der Waals surface area contributed by atoms with Crippen molar-refractivity contribution >= 4 is 44.2 Å². The number of fused-ring (bicyclic) bond motifs is 1. The van der Waals surface area contributed by atoms with Crippen LogP contribution in [-0.2, 0) is 16.0 Å². The Bertz CT molecular complexity index is 995. The van der Waals surface area contributed by atoms with E-state index in [-0.39, 0.29) is 24.2 Å². The van der Waals surface area contributed by atoms with Crippen LogP contribution in [-0.4, -0.2) is 23.3 Å². The zero-order valence-corrected chi connectivity index (χ0v) is 17.5. The van der Waals surface area contributed by atoms with Gasteiger partial charge in [0.25, 0.3) is 0 Å². The van der Waals surface area contributed by atoms with E-state index in [2.05, 4.69) is 24.1 Å². The zero-order valence-electron chi connectivity index (χ0n) is 16.7. The van der Waals surface area contributed by atoms with Crippen molar-refractivity contribution in [1.82, 2.24) is 10.3 Å². The summed E-state index contributed by atoms with van der Waals surface area (Å²) < 4.78 is 1.04. The van der Waals surface area contributed by atoms with E-state index in [1.165, 1.54) is 16.9 Å².